The Labute approximate surface area is 172 Å². The lowest BCUT2D eigenvalue weighted by atomic mass is 9.88. The van der Waals surface area contributed by atoms with Crippen LogP contribution in [0.4, 0.5) is 0 Å². The van der Waals surface area contributed by atoms with Crippen molar-refractivity contribution < 1.29 is 33.2 Å². The first-order valence-electron chi connectivity index (χ1n) is 9.79. The second-order valence-corrected chi connectivity index (χ2v) is 7.42. The summed E-state index contributed by atoms with van der Waals surface area (Å²) in [4.78, 5) is 47.3. The third-order valence-electron chi connectivity index (χ3n) is 5.47. The average Bonchev–Trinajstić information content (AvgIpc) is 3.18. The topological polar surface area (TPSA) is 126 Å². The molecule has 0 N–H and O–H groups in total. The van der Waals surface area contributed by atoms with Gasteiger partial charge in [0.05, 0.1) is 18.6 Å². The maximum absolute atomic E-state index is 12.4. The van der Waals surface area contributed by atoms with Crippen LogP contribution in [0.3, 0.4) is 0 Å². The predicted molar refractivity (Wildman–Crippen MR) is 104 cm³/mol. The Hall–Kier alpha value is -3.23. The number of carbonyl (C=O) groups is 3. The lowest BCUT2D eigenvalue weighted by molar-refractivity contribution is -0.490. The first-order valence-corrected chi connectivity index (χ1v) is 9.79. The van der Waals surface area contributed by atoms with Crippen molar-refractivity contribution in [2.75, 3.05) is 13.2 Å². The van der Waals surface area contributed by atoms with E-state index in [0.717, 1.165) is 0 Å². The molecule has 30 heavy (non-hydrogen) atoms. The Morgan fingerprint density at radius 1 is 1.27 bits per heavy atom. The van der Waals surface area contributed by atoms with Crippen LogP contribution in [0.1, 0.15) is 42.8 Å². The molecule has 3 rings (SSSR count). The first-order chi connectivity index (χ1) is 14.3. The Bertz CT molecular complexity index is 979. The fourth-order valence-electron chi connectivity index (χ4n) is 3.99. The molecule has 2 aromatic rings. The van der Waals surface area contributed by atoms with Crippen molar-refractivity contribution in [3.8, 4) is 0 Å². The number of ketones is 1. The largest absolute Gasteiger partial charge is 0.461 e. The van der Waals surface area contributed by atoms with Crippen LogP contribution in [0.15, 0.2) is 28.7 Å². The van der Waals surface area contributed by atoms with Gasteiger partial charge in [0, 0.05) is 28.6 Å². The zero-order chi connectivity index (χ0) is 21.8. The molecule has 1 saturated carbocycles. The number of nitro groups is 1. The first kappa shape index (κ1) is 21.5. The van der Waals surface area contributed by atoms with Gasteiger partial charge in [-0.05, 0) is 18.9 Å². The molecule has 1 aliphatic carbocycles. The number of nitrogens with zero attached hydrogens (tertiary/aromatic N) is 1. The van der Waals surface area contributed by atoms with Crippen molar-refractivity contribution in [1.29, 1.82) is 0 Å². The Morgan fingerprint density at radius 3 is 2.70 bits per heavy atom. The average molecular weight is 417 g/mol. The van der Waals surface area contributed by atoms with E-state index in [1.807, 2.05) is 0 Å². The van der Waals surface area contributed by atoms with Crippen LogP contribution in [-0.4, -0.2) is 35.8 Å². The number of furan rings is 1. The molecule has 9 nitrogen and oxygen atoms in total. The second kappa shape index (κ2) is 9.06. The Balaban J connectivity index is 1.73. The molecule has 0 aliphatic heterocycles. The number of para-hydroxylation sites is 1. The van der Waals surface area contributed by atoms with Crippen LogP contribution in [0.2, 0.25) is 0 Å². The van der Waals surface area contributed by atoms with Crippen LogP contribution >= 0.6 is 0 Å². The number of fused-ring (bicyclic) bond motifs is 1. The van der Waals surface area contributed by atoms with Gasteiger partial charge < -0.3 is 13.9 Å². The fourth-order valence-corrected chi connectivity index (χ4v) is 3.99. The van der Waals surface area contributed by atoms with E-state index >= 15 is 0 Å². The molecule has 1 aliphatic rings. The zero-order valence-corrected chi connectivity index (χ0v) is 16.8. The number of hydrogen-bond acceptors (Lipinski definition) is 8. The van der Waals surface area contributed by atoms with E-state index in [-0.39, 0.29) is 50.1 Å². The van der Waals surface area contributed by atoms with E-state index in [1.54, 1.807) is 38.1 Å². The lowest BCUT2D eigenvalue weighted by Gasteiger charge is -2.17. The number of ether oxygens (including phenoxy) is 2. The van der Waals surface area contributed by atoms with E-state index in [1.165, 1.54) is 0 Å². The highest BCUT2D eigenvalue weighted by Crippen LogP contribution is 2.37. The molecule has 1 fully saturated rings. The number of esters is 2. The summed E-state index contributed by atoms with van der Waals surface area (Å²) in [5.41, 5.74) is 0.836. The molecule has 1 aromatic carbocycles. The second-order valence-electron chi connectivity index (χ2n) is 7.42. The third-order valence-corrected chi connectivity index (χ3v) is 5.47. The molecule has 0 radical (unpaired) electrons. The number of benzene rings is 1. The summed E-state index contributed by atoms with van der Waals surface area (Å²) in [7, 11) is 0. The van der Waals surface area contributed by atoms with Gasteiger partial charge in [0.1, 0.15) is 18.0 Å². The molecule has 0 saturated heterocycles. The van der Waals surface area contributed by atoms with Crippen LogP contribution < -0.4 is 0 Å². The molecule has 1 aromatic heterocycles. The van der Waals surface area contributed by atoms with Gasteiger partial charge in [-0.25, -0.2) is 4.79 Å². The van der Waals surface area contributed by atoms with Crippen LogP contribution in [0.5, 0.6) is 0 Å². The molecule has 1 heterocycles. The van der Waals surface area contributed by atoms with E-state index < -0.39 is 28.7 Å². The summed E-state index contributed by atoms with van der Waals surface area (Å²) < 4.78 is 15.9. The third kappa shape index (κ3) is 4.50. The van der Waals surface area contributed by atoms with Gasteiger partial charge in [0.2, 0.25) is 12.3 Å². The van der Waals surface area contributed by atoms with E-state index in [9.17, 15) is 24.5 Å². The quantitative estimate of drug-likeness (QED) is 0.364. The van der Waals surface area contributed by atoms with Crippen molar-refractivity contribution >= 4 is 28.7 Å². The summed E-state index contributed by atoms with van der Waals surface area (Å²) in [5.74, 6) is -2.90. The van der Waals surface area contributed by atoms with Gasteiger partial charge in [0.15, 0.2) is 0 Å². The molecule has 0 spiro atoms. The highest BCUT2D eigenvalue weighted by Gasteiger charge is 2.44. The minimum absolute atomic E-state index is 0.0392. The van der Waals surface area contributed by atoms with Crippen LogP contribution in [-0.2, 0) is 25.7 Å². The highest BCUT2D eigenvalue weighted by atomic mass is 16.6. The minimum atomic E-state index is -0.733. The summed E-state index contributed by atoms with van der Waals surface area (Å²) >= 11 is 0. The van der Waals surface area contributed by atoms with Gasteiger partial charge >= 0.3 is 11.9 Å². The van der Waals surface area contributed by atoms with Crippen LogP contribution in [0, 0.1) is 27.9 Å². The van der Waals surface area contributed by atoms with Gasteiger partial charge in [-0.15, -0.1) is 0 Å². The SMILES string of the molecule is CCOC(=O)c1oc2ccccc2c1COC(=O)C[C@@H]1C(=O)C[C@@H](C)[C@@H]1C[N+](=O)[O-]. The van der Waals surface area contributed by atoms with Crippen molar-refractivity contribution in [3.05, 3.63) is 45.7 Å². The summed E-state index contributed by atoms with van der Waals surface area (Å²) in [6.07, 6.45) is -0.0119. The number of rotatable bonds is 8. The standard InChI is InChI=1S/C21H23NO8/c1-3-28-21(25)20-16(13-6-4-5-7-18(13)30-20)11-29-19(24)9-14-15(10-22(26)27)12(2)8-17(14)23/h4-7,12,14-15H,3,8-11H2,1-2H3/t12-,14+,15+/m1/s1. The van der Waals surface area contributed by atoms with Crippen molar-refractivity contribution in [2.45, 2.75) is 33.3 Å². The van der Waals surface area contributed by atoms with Crippen molar-refractivity contribution in [1.82, 2.24) is 0 Å². The summed E-state index contributed by atoms with van der Waals surface area (Å²) in [6.45, 7) is 3.02. The number of hydrogen-bond donors (Lipinski definition) is 0. The maximum Gasteiger partial charge on any atom is 0.374 e. The molecular weight excluding hydrogens is 394 g/mol. The maximum atomic E-state index is 12.4. The molecular formula is C21H23NO8. The van der Waals surface area contributed by atoms with Gasteiger partial charge in [-0.2, -0.15) is 0 Å². The van der Waals surface area contributed by atoms with Crippen molar-refractivity contribution in [2.24, 2.45) is 17.8 Å². The molecule has 3 atom stereocenters. The molecule has 9 heteroatoms. The Kier molecular flexibility index (Phi) is 6.49. The Morgan fingerprint density at radius 2 is 2.00 bits per heavy atom. The fraction of sp³-hybridized carbons (Fsp3) is 0.476. The summed E-state index contributed by atoms with van der Waals surface area (Å²) in [5, 5.41) is 11.5. The van der Waals surface area contributed by atoms with E-state index in [4.69, 9.17) is 13.9 Å². The van der Waals surface area contributed by atoms with Crippen LogP contribution in [0.25, 0.3) is 11.0 Å². The van der Waals surface area contributed by atoms with Crippen molar-refractivity contribution in [3.63, 3.8) is 0 Å². The highest BCUT2D eigenvalue weighted by molar-refractivity contribution is 5.96. The number of carbonyl (C=O) groups excluding carboxylic acids is 3. The van der Waals surface area contributed by atoms with Gasteiger partial charge in [-0.1, -0.05) is 25.1 Å². The van der Waals surface area contributed by atoms with Gasteiger partial charge in [0.25, 0.3) is 0 Å². The smallest absolute Gasteiger partial charge is 0.374 e. The molecule has 160 valence electrons. The summed E-state index contributed by atoms with van der Waals surface area (Å²) in [6, 6.07) is 6.93. The minimum Gasteiger partial charge on any atom is -0.461 e. The molecule has 0 unspecified atom stereocenters. The van der Waals surface area contributed by atoms with Gasteiger partial charge in [-0.3, -0.25) is 19.7 Å². The zero-order valence-electron chi connectivity index (χ0n) is 16.8. The number of Topliss-reactive ketones (excluding diaryl/α,β-unsaturated/α-hetero) is 1. The normalized spacial score (nSPS) is 21.0. The molecule has 0 bridgehead atoms. The van der Waals surface area contributed by atoms with E-state index in [2.05, 4.69) is 0 Å². The monoisotopic (exact) mass is 417 g/mol. The predicted octanol–water partition coefficient (Wildman–Crippen LogP) is 3.16. The van der Waals surface area contributed by atoms with E-state index in [0.29, 0.717) is 16.5 Å². The lowest BCUT2D eigenvalue weighted by Crippen LogP contribution is -2.27. The molecule has 0 amide bonds.